The molecule has 1 fully saturated rings. The normalized spacial score (nSPS) is 16.1. The van der Waals surface area contributed by atoms with Crippen LogP contribution in [0.3, 0.4) is 0 Å². The number of carbonyl (C=O) groups is 1. The number of halogens is 1. The van der Waals surface area contributed by atoms with Gasteiger partial charge < -0.3 is 10.6 Å². The molecule has 1 aliphatic heterocycles. The van der Waals surface area contributed by atoms with Crippen molar-refractivity contribution < 1.29 is 13.2 Å². The van der Waals surface area contributed by atoms with E-state index < -0.39 is 10.0 Å². The summed E-state index contributed by atoms with van der Waals surface area (Å²) in [5.74, 6) is -0.131. The van der Waals surface area contributed by atoms with Gasteiger partial charge in [-0.1, -0.05) is 19.9 Å². The highest BCUT2D eigenvalue weighted by Crippen LogP contribution is 2.19. The average molecular weight is 376 g/mol. The molecule has 1 heterocycles. The first-order chi connectivity index (χ1) is 10.9. The third-order valence-corrected chi connectivity index (χ3v) is 6.30. The van der Waals surface area contributed by atoms with Crippen molar-refractivity contribution in [2.24, 2.45) is 5.73 Å². The summed E-state index contributed by atoms with van der Waals surface area (Å²) >= 11 is 0. The van der Waals surface area contributed by atoms with Gasteiger partial charge in [0.25, 0.3) is 5.91 Å². The van der Waals surface area contributed by atoms with Gasteiger partial charge in [0.2, 0.25) is 10.0 Å². The van der Waals surface area contributed by atoms with Gasteiger partial charge in [-0.3, -0.25) is 4.79 Å². The first kappa shape index (κ1) is 20.9. The number of hydrogen-bond acceptors (Lipinski definition) is 4. The summed E-state index contributed by atoms with van der Waals surface area (Å²) in [5, 5.41) is 0. The number of piperidine rings is 1. The Morgan fingerprint density at radius 2 is 1.83 bits per heavy atom. The van der Waals surface area contributed by atoms with Crippen LogP contribution in [0.5, 0.6) is 0 Å². The molecule has 2 N–H and O–H groups in total. The number of hydrogen-bond donors (Lipinski definition) is 1. The zero-order valence-corrected chi connectivity index (χ0v) is 15.8. The van der Waals surface area contributed by atoms with Gasteiger partial charge in [-0.15, -0.1) is 12.4 Å². The fourth-order valence-electron chi connectivity index (χ4n) is 2.79. The average Bonchev–Trinajstić information content (AvgIpc) is 2.56. The van der Waals surface area contributed by atoms with Crippen LogP contribution in [0.2, 0.25) is 0 Å². The number of benzene rings is 1. The second-order valence-corrected chi connectivity index (χ2v) is 7.68. The molecule has 136 valence electrons. The van der Waals surface area contributed by atoms with Gasteiger partial charge in [0, 0.05) is 37.8 Å². The zero-order valence-electron chi connectivity index (χ0n) is 14.1. The van der Waals surface area contributed by atoms with E-state index in [4.69, 9.17) is 5.73 Å². The maximum absolute atomic E-state index is 12.6. The van der Waals surface area contributed by atoms with Crippen molar-refractivity contribution >= 4 is 28.3 Å². The molecule has 1 saturated heterocycles. The van der Waals surface area contributed by atoms with E-state index in [1.807, 2.05) is 0 Å². The van der Waals surface area contributed by atoms with E-state index >= 15 is 0 Å². The van der Waals surface area contributed by atoms with E-state index in [1.165, 1.54) is 16.4 Å². The lowest BCUT2D eigenvalue weighted by Crippen LogP contribution is -2.42. The Morgan fingerprint density at radius 1 is 1.25 bits per heavy atom. The van der Waals surface area contributed by atoms with Gasteiger partial charge in [-0.25, -0.2) is 8.42 Å². The van der Waals surface area contributed by atoms with Crippen molar-refractivity contribution in [3.05, 3.63) is 29.8 Å². The Labute approximate surface area is 150 Å². The molecule has 8 heteroatoms. The van der Waals surface area contributed by atoms with E-state index in [0.29, 0.717) is 31.7 Å². The molecule has 1 aromatic rings. The van der Waals surface area contributed by atoms with Crippen LogP contribution in [0.25, 0.3) is 0 Å². The van der Waals surface area contributed by atoms with Crippen molar-refractivity contribution in [2.75, 3.05) is 26.2 Å². The number of amides is 1. The largest absolute Gasteiger partial charge is 0.339 e. The van der Waals surface area contributed by atoms with Crippen molar-refractivity contribution in [1.29, 1.82) is 0 Å². The zero-order chi connectivity index (χ0) is 17.0. The van der Waals surface area contributed by atoms with Crippen molar-refractivity contribution in [1.82, 2.24) is 9.21 Å². The van der Waals surface area contributed by atoms with Crippen LogP contribution in [-0.2, 0) is 10.0 Å². The van der Waals surface area contributed by atoms with Crippen LogP contribution in [0, 0.1) is 0 Å². The molecule has 0 atom stereocenters. The lowest BCUT2D eigenvalue weighted by atomic mass is 10.0. The maximum Gasteiger partial charge on any atom is 0.253 e. The molecule has 0 aromatic heterocycles. The van der Waals surface area contributed by atoms with Gasteiger partial charge in [0.1, 0.15) is 0 Å². The molecule has 0 saturated carbocycles. The van der Waals surface area contributed by atoms with Crippen LogP contribution in [-0.4, -0.2) is 55.8 Å². The predicted molar refractivity (Wildman–Crippen MR) is 96.9 cm³/mol. The molecule has 0 spiro atoms. The topological polar surface area (TPSA) is 83.7 Å². The van der Waals surface area contributed by atoms with Gasteiger partial charge >= 0.3 is 0 Å². The maximum atomic E-state index is 12.6. The van der Waals surface area contributed by atoms with Crippen LogP contribution in [0.15, 0.2) is 29.2 Å². The summed E-state index contributed by atoms with van der Waals surface area (Å²) in [7, 11) is -3.55. The van der Waals surface area contributed by atoms with Crippen molar-refractivity contribution in [3.63, 3.8) is 0 Å². The number of carbonyl (C=O) groups excluding carboxylic acids is 1. The Kier molecular flexibility index (Phi) is 7.66. The molecule has 1 aliphatic rings. The summed E-state index contributed by atoms with van der Waals surface area (Å²) in [6.45, 7) is 5.64. The van der Waals surface area contributed by atoms with Gasteiger partial charge in [0.15, 0.2) is 0 Å². The van der Waals surface area contributed by atoms with Crippen molar-refractivity contribution in [2.45, 2.75) is 37.6 Å². The lowest BCUT2D eigenvalue weighted by molar-refractivity contribution is 0.0714. The highest BCUT2D eigenvalue weighted by molar-refractivity contribution is 7.89. The fraction of sp³-hybridized carbons (Fsp3) is 0.562. The number of likely N-dealkylation sites (tertiary alicyclic amines) is 1. The first-order valence-electron chi connectivity index (χ1n) is 8.05. The number of sulfonamides is 1. The number of rotatable bonds is 5. The summed E-state index contributed by atoms with van der Waals surface area (Å²) in [4.78, 5) is 14.5. The van der Waals surface area contributed by atoms with E-state index in [1.54, 1.807) is 30.9 Å². The molecule has 1 aromatic carbocycles. The predicted octanol–water partition coefficient (Wildman–Crippen LogP) is 1.70. The highest BCUT2D eigenvalue weighted by Gasteiger charge is 2.25. The molecule has 24 heavy (non-hydrogen) atoms. The number of nitrogens with two attached hydrogens (primary N) is 1. The fourth-order valence-corrected chi connectivity index (χ4v) is 4.29. The summed E-state index contributed by atoms with van der Waals surface area (Å²) < 4.78 is 26.5. The van der Waals surface area contributed by atoms with E-state index in [0.717, 1.165) is 12.8 Å². The Balaban J connectivity index is 0.00000288. The Hall–Kier alpha value is -1.15. The lowest BCUT2D eigenvalue weighted by Gasteiger charge is -2.30. The summed E-state index contributed by atoms with van der Waals surface area (Å²) in [6.07, 6.45) is 1.56. The van der Waals surface area contributed by atoms with Crippen molar-refractivity contribution in [3.8, 4) is 0 Å². The minimum absolute atomic E-state index is 0. The minimum atomic E-state index is -3.55. The standard InChI is InChI=1S/C16H25N3O3S.ClH/c1-3-19(4-2)23(21,22)15-7-5-6-13(12-15)16(20)18-10-8-14(17)9-11-18;/h5-7,12,14H,3-4,8-11,17H2,1-2H3;1H. The van der Waals surface area contributed by atoms with E-state index in [2.05, 4.69) is 0 Å². The Morgan fingerprint density at radius 3 is 2.38 bits per heavy atom. The highest BCUT2D eigenvalue weighted by atomic mass is 35.5. The molecule has 6 nitrogen and oxygen atoms in total. The molecular formula is C16H26ClN3O3S. The monoisotopic (exact) mass is 375 g/mol. The summed E-state index contributed by atoms with van der Waals surface area (Å²) in [6, 6.07) is 6.45. The van der Waals surface area contributed by atoms with Gasteiger partial charge in [-0.05, 0) is 31.0 Å². The molecule has 1 amide bonds. The minimum Gasteiger partial charge on any atom is -0.339 e. The molecular weight excluding hydrogens is 350 g/mol. The van der Waals surface area contributed by atoms with Crippen LogP contribution in [0.1, 0.15) is 37.0 Å². The third-order valence-electron chi connectivity index (χ3n) is 4.25. The van der Waals surface area contributed by atoms with Crippen LogP contribution in [0.4, 0.5) is 0 Å². The summed E-state index contributed by atoms with van der Waals surface area (Å²) in [5.41, 5.74) is 6.27. The van der Waals surface area contributed by atoms with Crippen LogP contribution >= 0.6 is 12.4 Å². The van der Waals surface area contributed by atoms with E-state index in [9.17, 15) is 13.2 Å². The first-order valence-corrected chi connectivity index (χ1v) is 9.49. The second kappa shape index (κ2) is 8.80. The molecule has 0 aliphatic carbocycles. The molecule has 0 unspecified atom stereocenters. The molecule has 2 rings (SSSR count). The Bertz CT molecular complexity index is 654. The van der Waals surface area contributed by atoms with Gasteiger partial charge in [-0.2, -0.15) is 4.31 Å². The molecule has 0 bridgehead atoms. The quantitative estimate of drug-likeness (QED) is 0.848. The third kappa shape index (κ3) is 4.47. The number of nitrogens with zero attached hydrogens (tertiary/aromatic N) is 2. The van der Waals surface area contributed by atoms with Crippen LogP contribution < -0.4 is 5.73 Å². The molecule has 0 radical (unpaired) electrons. The van der Waals surface area contributed by atoms with E-state index in [-0.39, 0.29) is 29.3 Å². The SMILES string of the molecule is CCN(CC)S(=O)(=O)c1cccc(C(=O)N2CCC(N)CC2)c1.Cl. The smallest absolute Gasteiger partial charge is 0.253 e. The van der Waals surface area contributed by atoms with Gasteiger partial charge in [0.05, 0.1) is 4.90 Å². The second-order valence-electron chi connectivity index (χ2n) is 5.75.